The summed E-state index contributed by atoms with van der Waals surface area (Å²) in [6.45, 7) is 7.13. The number of benzene rings is 1. The molecule has 0 bridgehead atoms. The van der Waals surface area contributed by atoms with Gasteiger partial charge in [-0.05, 0) is 12.5 Å². The van der Waals surface area contributed by atoms with Crippen LogP contribution in [-0.4, -0.2) is 29.1 Å². The lowest BCUT2D eigenvalue weighted by atomic mass is 10.2. The number of aryl methyl sites for hydroxylation is 1. The zero-order valence-corrected chi connectivity index (χ0v) is 12.1. The molecule has 1 aromatic carbocycles. The smallest absolute Gasteiger partial charge is 0.240 e. The second kappa shape index (κ2) is 7.40. The minimum absolute atomic E-state index is 0.135. The lowest BCUT2D eigenvalue weighted by Gasteiger charge is -2.19. The van der Waals surface area contributed by atoms with Crippen molar-refractivity contribution < 1.29 is 9.32 Å². The van der Waals surface area contributed by atoms with Crippen LogP contribution in [0.3, 0.4) is 0 Å². The molecule has 2 rings (SSSR count). The Hall–Kier alpha value is -2.40. The largest absolute Gasteiger partial charge is 0.338 e. The molecule has 21 heavy (non-hydrogen) atoms. The van der Waals surface area contributed by atoms with Gasteiger partial charge in [-0.2, -0.15) is 0 Å². The average Bonchev–Trinajstić information content (AvgIpc) is 2.85. The van der Waals surface area contributed by atoms with Crippen LogP contribution in [0.15, 0.2) is 53.6 Å². The molecule has 1 aromatic heterocycles. The standard InChI is InChI=1S/C16H19N3O2/c1-3-9-19(11-14-7-5-4-6-8-14)12-15(20)17-16-10-13(2)18-21-16/h3-8,10H,1,9,11-12H2,2H3,(H,17,20). The summed E-state index contributed by atoms with van der Waals surface area (Å²) in [4.78, 5) is 14.0. The first kappa shape index (κ1) is 15.0. The Bertz CT molecular complexity index is 593. The van der Waals surface area contributed by atoms with Gasteiger partial charge in [0.15, 0.2) is 0 Å². The first-order chi connectivity index (χ1) is 10.2. The molecule has 5 heteroatoms. The van der Waals surface area contributed by atoms with E-state index in [1.165, 1.54) is 0 Å². The normalized spacial score (nSPS) is 10.6. The molecule has 0 aliphatic carbocycles. The second-order valence-corrected chi connectivity index (χ2v) is 4.82. The number of aromatic nitrogens is 1. The third-order valence-electron chi connectivity index (χ3n) is 2.89. The van der Waals surface area contributed by atoms with Crippen molar-refractivity contribution in [3.05, 3.63) is 60.3 Å². The van der Waals surface area contributed by atoms with E-state index >= 15 is 0 Å². The fourth-order valence-corrected chi connectivity index (χ4v) is 2.01. The Morgan fingerprint density at radius 3 is 2.81 bits per heavy atom. The number of hydrogen-bond donors (Lipinski definition) is 1. The Labute approximate surface area is 124 Å². The summed E-state index contributed by atoms with van der Waals surface area (Å²) in [6, 6.07) is 11.7. The van der Waals surface area contributed by atoms with Crippen LogP contribution in [-0.2, 0) is 11.3 Å². The molecule has 0 aliphatic heterocycles. The van der Waals surface area contributed by atoms with Gasteiger partial charge in [-0.25, -0.2) is 0 Å². The fraction of sp³-hybridized carbons (Fsp3) is 0.250. The quantitative estimate of drug-likeness (QED) is 0.794. The number of amides is 1. The van der Waals surface area contributed by atoms with Gasteiger partial charge >= 0.3 is 0 Å². The molecule has 2 aromatic rings. The predicted molar refractivity (Wildman–Crippen MR) is 81.8 cm³/mol. The summed E-state index contributed by atoms with van der Waals surface area (Å²) in [7, 11) is 0. The topological polar surface area (TPSA) is 58.4 Å². The summed E-state index contributed by atoms with van der Waals surface area (Å²) in [5, 5.41) is 6.43. The molecule has 0 saturated heterocycles. The van der Waals surface area contributed by atoms with Gasteiger partial charge in [0.25, 0.3) is 0 Å². The van der Waals surface area contributed by atoms with Gasteiger partial charge in [0, 0.05) is 19.2 Å². The summed E-state index contributed by atoms with van der Waals surface area (Å²) in [6.07, 6.45) is 1.79. The summed E-state index contributed by atoms with van der Waals surface area (Å²) in [5.41, 5.74) is 1.89. The van der Waals surface area contributed by atoms with Crippen molar-refractivity contribution >= 4 is 11.8 Å². The summed E-state index contributed by atoms with van der Waals surface area (Å²) < 4.78 is 4.97. The molecule has 0 radical (unpaired) electrons. The fourth-order valence-electron chi connectivity index (χ4n) is 2.01. The first-order valence-electron chi connectivity index (χ1n) is 6.77. The van der Waals surface area contributed by atoms with E-state index in [4.69, 9.17) is 4.52 Å². The zero-order chi connectivity index (χ0) is 15.1. The van der Waals surface area contributed by atoms with Crippen molar-refractivity contribution in [3.8, 4) is 0 Å². The van der Waals surface area contributed by atoms with Gasteiger partial charge in [-0.3, -0.25) is 15.0 Å². The third kappa shape index (κ3) is 4.89. The SMILES string of the molecule is C=CCN(CC(=O)Nc1cc(C)no1)Cc1ccccc1. The predicted octanol–water partition coefficient (Wildman–Crippen LogP) is 2.61. The van der Waals surface area contributed by atoms with E-state index in [1.807, 2.05) is 35.2 Å². The van der Waals surface area contributed by atoms with E-state index in [1.54, 1.807) is 19.1 Å². The van der Waals surface area contributed by atoms with Gasteiger partial charge < -0.3 is 4.52 Å². The molecule has 0 fully saturated rings. The number of anilines is 1. The van der Waals surface area contributed by atoms with Crippen molar-refractivity contribution in [1.29, 1.82) is 0 Å². The van der Waals surface area contributed by atoms with E-state index in [0.29, 0.717) is 19.0 Å². The van der Waals surface area contributed by atoms with Crippen LogP contribution in [0.2, 0.25) is 0 Å². The van der Waals surface area contributed by atoms with E-state index < -0.39 is 0 Å². The van der Waals surface area contributed by atoms with Crippen LogP contribution in [0.25, 0.3) is 0 Å². The highest BCUT2D eigenvalue weighted by atomic mass is 16.5. The number of rotatable bonds is 7. The zero-order valence-electron chi connectivity index (χ0n) is 12.1. The second-order valence-electron chi connectivity index (χ2n) is 4.82. The monoisotopic (exact) mass is 285 g/mol. The van der Waals surface area contributed by atoms with E-state index in [2.05, 4.69) is 17.1 Å². The minimum Gasteiger partial charge on any atom is -0.338 e. The molecule has 0 spiro atoms. The maximum Gasteiger partial charge on any atom is 0.240 e. The maximum absolute atomic E-state index is 12.0. The third-order valence-corrected chi connectivity index (χ3v) is 2.89. The van der Waals surface area contributed by atoms with Crippen LogP contribution in [0.1, 0.15) is 11.3 Å². The number of carbonyl (C=O) groups excluding carboxylic acids is 1. The van der Waals surface area contributed by atoms with Crippen LogP contribution >= 0.6 is 0 Å². The highest BCUT2D eigenvalue weighted by Gasteiger charge is 2.12. The van der Waals surface area contributed by atoms with Crippen LogP contribution < -0.4 is 5.32 Å². The van der Waals surface area contributed by atoms with Crippen LogP contribution in [0.4, 0.5) is 5.88 Å². The average molecular weight is 285 g/mol. The number of hydrogen-bond acceptors (Lipinski definition) is 4. The molecule has 1 heterocycles. The van der Waals surface area contributed by atoms with Crippen molar-refractivity contribution in [2.45, 2.75) is 13.5 Å². The molecule has 0 atom stereocenters. The van der Waals surface area contributed by atoms with Crippen molar-refractivity contribution in [2.24, 2.45) is 0 Å². The lowest BCUT2D eigenvalue weighted by Crippen LogP contribution is -2.33. The summed E-state index contributed by atoms with van der Waals surface area (Å²) in [5.74, 6) is 0.236. The highest BCUT2D eigenvalue weighted by Crippen LogP contribution is 2.09. The van der Waals surface area contributed by atoms with E-state index in [0.717, 1.165) is 11.3 Å². The summed E-state index contributed by atoms with van der Waals surface area (Å²) >= 11 is 0. The Kier molecular flexibility index (Phi) is 5.29. The molecule has 1 amide bonds. The Morgan fingerprint density at radius 1 is 1.43 bits per heavy atom. The van der Waals surface area contributed by atoms with Gasteiger partial charge in [0.05, 0.1) is 12.2 Å². The lowest BCUT2D eigenvalue weighted by molar-refractivity contribution is -0.117. The first-order valence-corrected chi connectivity index (χ1v) is 6.77. The maximum atomic E-state index is 12.0. The molecule has 0 unspecified atom stereocenters. The molecule has 1 N–H and O–H groups in total. The van der Waals surface area contributed by atoms with Crippen molar-refractivity contribution in [1.82, 2.24) is 10.1 Å². The molecule has 0 saturated carbocycles. The number of carbonyl (C=O) groups is 1. The minimum atomic E-state index is -0.135. The van der Waals surface area contributed by atoms with Crippen molar-refractivity contribution in [3.63, 3.8) is 0 Å². The van der Waals surface area contributed by atoms with Gasteiger partial charge in [0.1, 0.15) is 0 Å². The molecule has 0 aliphatic rings. The van der Waals surface area contributed by atoms with Crippen LogP contribution in [0.5, 0.6) is 0 Å². The highest BCUT2D eigenvalue weighted by molar-refractivity contribution is 5.90. The number of nitrogens with zero attached hydrogens (tertiary/aromatic N) is 2. The molecular formula is C16H19N3O2. The Balaban J connectivity index is 1.92. The van der Waals surface area contributed by atoms with Crippen LogP contribution in [0, 0.1) is 6.92 Å². The van der Waals surface area contributed by atoms with Crippen molar-refractivity contribution in [2.75, 3.05) is 18.4 Å². The molecular weight excluding hydrogens is 266 g/mol. The number of nitrogens with one attached hydrogen (secondary N) is 1. The molecule has 110 valence electrons. The van der Waals surface area contributed by atoms with E-state index in [-0.39, 0.29) is 12.5 Å². The van der Waals surface area contributed by atoms with E-state index in [9.17, 15) is 4.79 Å². The van der Waals surface area contributed by atoms with Gasteiger partial charge in [0.2, 0.25) is 11.8 Å². The Morgan fingerprint density at radius 2 is 2.19 bits per heavy atom. The van der Waals surface area contributed by atoms with Gasteiger partial charge in [-0.15, -0.1) is 6.58 Å². The molecule has 5 nitrogen and oxygen atoms in total. The van der Waals surface area contributed by atoms with Gasteiger partial charge in [-0.1, -0.05) is 41.6 Å².